The van der Waals surface area contributed by atoms with E-state index >= 15 is 0 Å². The first-order chi connectivity index (χ1) is 8.13. The van der Waals surface area contributed by atoms with Gasteiger partial charge in [-0.1, -0.05) is 0 Å². The van der Waals surface area contributed by atoms with Gasteiger partial charge >= 0.3 is 0 Å². The maximum atomic E-state index is 9.41. The van der Waals surface area contributed by atoms with E-state index in [0.717, 1.165) is 22.3 Å². The number of nitrogens with zero attached hydrogens (tertiary/aromatic N) is 2. The zero-order valence-corrected chi connectivity index (χ0v) is 9.31. The largest absolute Gasteiger partial charge is 0.508 e. The fraction of sp³-hybridized carbons (Fsp3) is 0.0833. The highest BCUT2D eigenvalue weighted by Gasteiger charge is 2.08. The smallest absolute Gasteiger partial charge is 0.146 e. The van der Waals surface area contributed by atoms with E-state index in [1.807, 2.05) is 25.2 Å². The quantitative estimate of drug-likeness (QED) is 0.594. The molecule has 0 aliphatic heterocycles. The molecule has 86 valence electrons. The number of fused-ring (bicyclic) bond motifs is 1. The molecule has 17 heavy (non-hydrogen) atoms. The molecular formula is C12H12N4O. The van der Waals surface area contributed by atoms with Crippen molar-refractivity contribution in [2.45, 2.75) is 0 Å². The molecule has 0 bridgehead atoms. The molecule has 0 amide bonds. The van der Waals surface area contributed by atoms with Crippen molar-refractivity contribution < 1.29 is 5.11 Å². The number of aromatic amines is 1. The van der Waals surface area contributed by atoms with Crippen LogP contribution >= 0.6 is 0 Å². The maximum Gasteiger partial charge on any atom is 0.146 e. The van der Waals surface area contributed by atoms with E-state index in [2.05, 4.69) is 10.1 Å². The number of nitrogens with two attached hydrogens (primary N) is 1. The van der Waals surface area contributed by atoms with Crippen molar-refractivity contribution >= 4 is 16.7 Å². The first-order valence-corrected chi connectivity index (χ1v) is 5.25. The summed E-state index contributed by atoms with van der Waals surface area (Å²) in [5, 5.41) is 14.6. The molecule has 0 radical (unpaired) electrons. The number of rotatable bonds is 1. The van der Waals surface area contributed by atoms with Crippen LogP contribution in [-0.2, 0) is 7.05 Å². The summed E-state index contributed by atoms with van der Waals surface area (Å²) in [7, 11) is 1.84. The molecule has 1 aromatic carbocycles. The molecule has 0 atom stereocenters. The topological polar surface area (TPSA) is 79.9 Å². The van der Waals surface area contributed by atoms with E-state index in [0.29, 0.717) is 5.82 Å². The van der Waals surface area contributed by atoms with Gasteiger partial charge in [0.05, 0.1) is 11.4 Å². The molecule has 2 heterocycles. The Bertz CT molecular complexity index is 696. The van der Waals surface area contributed by atoms with Gasteiger partial charge in [0, 0.05) is 30.1 Å². The van der Waals surface area contributed by atoms with Crippen LogP contribution in [0.15, 0.2) is 30.3 Å². The number of nitrogens with one attached hydrogen (secondary N) is 1. The predicted molar refractivity (Wildman–Crippen MR) is 66.6 cm³/mol. The van der Waals surface area contributed by atoms with Gasteiger partial charge in [-0.3, -0.25) is 4.68 Å². The van der Waals surface area contributed by atoms with Crippen molar-refractivity contribution in [1.82, 2.24) is 14.8 Å². The van der Waals surface area contributed by atoms with Gasteiger partial charge in [-0.25, -0.2) is 0 Å². The number of nitrogen functional groups attached to an aromatic ring is 1. The Labute approximate surface area is 97.5 Å². The fourth-order valence-electron chi connectivity index (χ4n) is 1.99. The fourth-order valence-corrected chi connectivity index (χ4v) is 1.99. The number of H-pyrrole nitrogens is 1. The summed E-state index contributed by atoms with van der Waals surface area (Å²) in [5.41, 5.74) is 8.38. The monoisotopic (exact) mass is 228 g/mol. The van der Waals surface area contributed by atoms with Crippen LogP contribution in [0.2, 0.25) is 0 Å². The summed E-state index contributed by atoms with van der Waals surface area (Å²) in [6.45, 7) is 0. The Morgan fingerprint density at radius 1 is 1.29 bits per heavy atom. The van der Waals surface area contributed by atoms with E-state index in [4.69, 9.17) is 5.73 Å². The summed E-state index contributed by atoms with van der Waals surface area (Å²) in [6, 6.07) is 9.04. The molecule has 0 saturated carbocycles. The molecule has 0 aliphatic carbocycles. The molecular weight excluding hydrogens is 216 g/mol. The number of phenols is 1. The number of phenolic OH excluding ortho intramolecular Hbond substituents is 1. The lowest BCUT2D eigenvalue weighted by atomic mass is 10.2. The van der Waals surface area contributed by atoms with Crippen molar-refractivity contribution in [3.05, 3.63) is 30.3 Å². The molecule has 0 saturated heterocycles. The molecule has 5 heteroatoms. The molecule has 3 aromatic rings. The Hall–Kier alpha value is -2.43. The number of hydrogen-bond donors (Lipinski definition) is 3. The minimum atomic E-state index is 0.246. The molecule has 4 N–H and O–H groups in total. The Kier molecular flexibility index (Phi) is 1.89. The minimum Gasteiger partial charge on any atom is -0.508 e. The summed E-state index contributed by atoms with van der Waals surface area (Å²) in [6.07, 6.45) is 0. The van der Waals surface area contributed by atoms with Crippen LogP contribution in [0.1, 0.15) is 0 Å². The Morgan fingerprint density at radius 3 is 2.82 bits per heavy atom. The maximum absolute atomic E-state index is 9.41. The second-order valence-electron chi connectivity index (χ2n) is 4.03. The Balaban J connectivity index is 2.21. The van der Waals surface area contributed by atoms with Crippen molar-refractivity contribution in [3.63, 3.8) is 0 Å². The minimum absolute atomic E-state index is 0.246. The standard InChI is InChI=1S/C12H12N4O/c1-16-11(6-12(13)15-16)10-4-7-2-3-8(17)5-9(7)14-10/h2-6,14,17H,1H3,(H2,13,15). The molecule has 0 unspecified atom stereocenters. The number of aryl methyl sites for hydroxylation is 1. The lowest BCUT2D eigenvalue weighted by molar-refractivity contribution is 0.476. The second-order valence-corrected chi connectivity index (χ2v) is 4.03. The van der Waals surface area contributed by atoms with Crippen molar-refractivity contribution in [1.29, 1.82) is 0 Å². The molecule has 5 nitrogen and oxygen atoms in total. The highest BCUT2D eigenvalue weighted by molar-refractivity contribution is 5.86. The molecule has 2 aromatic heterocycles. The molecule has 0 fully saturated rings. The zero-order chi connectivity index (χ0) is 12.0. The van der Waals surface area contributed by atoms with Crippen LogP contribution in [0.25, 0.3) is 22.3 Å². The van der Waals surface area contributed by atoms with Crippen LogP contribution in [0.5, 0.6) is 5.75 Å². The first kappa shape index (κ1) is 9.77. The molecule has 0 aliphatic rings. The highest BCUT2D eigenvalue weighted by Crippen LogP contribution is 2.26. The zero-order valence-electron chi connectivity index (χ0n) is 9.31. The van der Waals surface area contributed by atoms with Gasteiger partial charge in [-0.15, -0.1) is 0 Å². The van der Waals surface area contributed by atoms with Crippen LogP contribution in [0.3, 0.4) is 0 Å². The number of hydrogen-bond acceptors (Lipinski definition) is 3. The number of benzene rings is 1. The lowest BCUT2D eigenvalue weighted by Gasteiger charge is -1.96. The van der Waals surface area contributed by atoms with Crippen LogP contribution in [-0.4, -0.2) is 19.9 Å². The third kappa shape index (κ3) is 1.52. The average molecular weight is 228 g/mol. The van der Waals surface area contributed by atoms with E-state index in [9.17, 15) is 5.11 Å². The van der Waals surface area contributed by atoms with E-state index in [1.165, 1.54) is 0 Å². The average Bonchev–Trinajstić information content (AvgIpc) is 2.80. The van der Waals surface area contributed by atoms with Gasteiger partial charge in [0.1, 0.15) is 11.6 Å². The van der Waals surface area contributed by atoms with Crippen molar-refractivity contribution in [2.75, 3.05) is 5.73 Å². The van der Waals surface area contributed by atoms with Gasteiger partial charge in [0.25, 0.3) is 0 Å². The SMILES string of the molecule is Cn1nc(N)cc1-c1cc2ccc(O)cc2[nH]1. The van der Waals surface area contributed by atoms with Crippen molar-refractivity contribution in [2.24, 2.45) is 7.05 Å². The summed E-state index contributed by atoms with van der Waals surface area (Å²) in [4.78, 5) is 3.23. The van der Waals surface area contributed by atoms with Gasteiger partial charge in [0.15, 0.2) is 0 Å². The number of anilines is 1. The lowest BCUT2D eigenvalue weighted by Crippen LogP contribution is -1.94. The summed E-state index contributed by atoms with van der Waals surface area (Å²) >= 11 is 0. The van der Waals surface area contributed by atoms with E-state index in [1.54, 1.807) is 16.8 Å². The number of aromatic nitrogens is 3. The Morgan fingerprint density at radius 2 is 2.12 bits per heavy atom. The first-order valence-electron chi connectivity index (χ1n) is 5.25. The number of aromatic hydroxyl groups is 1. The van der Waals surface area contributed by atoms with Crippen LogP contribution in [0.4, 0.5) is 5.82 Å². The second kappa shape index (κ2) is 3.28. The van der Waals surface area contributed by atoms with Crippen molar-refractivity contribution in [3.8, 4) is 17.1 Å². The van der Waals surface area contributed by atoms with Gasteiger partial charge in [-0.05, 0) is 18.2 Å². The third-order valence-corrected chi connectivity index (χ3v) is 2.78. The predicted octanol–water partition coefficient (Wildman–Crippen LogP) is 1.86. The highest BCUT2D eigenvalue weighted by atomic mass is 16.3. The summed E-state index contributed by atoms with van der Waals surface area (Å²) < 4.78 is 1.72. The van der Waals surface area contributed by atoms with Gasteiger partial charge in [0.2, 0.25) is 0 Å². The third-order valence-electron chi connectivity index (χ3n) is 2.78. The molecule has 3 rings (SSSR count). The van der Waals surface area contributed by atoms with Gasteiger partial charge < -0.3 is 15.8 Å². The summed E-state index contributed by atoms with van der Waals surface area (Å²) in [5.74, 6) is 0.736. The van der Waals surface area contributed by atoms with E-state index in [-0.39, 0.29) is 5.75 Å². The van der Waals surface area contributed by atoms with Gasteiger partial charge in [-0.2, -0.15) is 5.10 Å². The van der Waals surface area contributed by atoms with E-state index < -0.39 is 0 Å². The molecule has 0 spiro atoms. The van der Waals surface area contributed by atoms with Crippen LogP contribution in [0, 0.1) is 0 Å². The van der Waals surface area contributed by atoms with Crippen LogP contribution < -0.4 is 5.73 Å². The normalized spacial score (nSPS) is 11.1.